The number of piperazine rings is 1. The molecule has 0 radical (unpaired) electrons. The van der Waals surface area contributed by atoms with E-state index in [1.807, 2.05) is 54.3 Å². The van der Waals surface area contributed by atoms with Gasteiger partial charge < -0.3 is 9.80 Å². The van der Waals surface area contributed by atoms with E-state index in [0.29, 0.717) is 17.3 Å². The Balaban J connectivity index is 1.69. The second kappa shape index (κ2) is 8.15. The zero-order chi connectivity index (χ0) is 19.5. The summed E-state index contributed by atoms with van der Waals surface area (Å²) in [6, 6.07) is 15.7. The van der Waals surface area contributed by atoms with Crippen molar-refractivity contribution in [1.29, 1.82) is 0 Å². The van der Waals surface area contributed by atoms with Crippen LogP contribution in [0.25, 0.3) is 22.3 Å². The quantitative estimate of drug-likeness (QED) is 0.658. The Morgan fingerprint density at radius 3 is 2.46 bits per heavy atom. The molecule has 0 bridgehead atoms. The van der Waals surface area contributed by atoms with E-state index in [1.165, 1.54) is 0 Å². The predicted molar refractivity (Wildman–Crippen MR) is 114 cm³/mol. The number of fused-ring (bicyclic) bond motifs is 1. The summed E-state index contributed by atoms with van der Waals surface area (Å²) in [5, 5.41) is 1.66. The lowest BCUT2D eigenvalue weighted by atomic mass is 10.1. The van der Waals surface area contributed by atoms with Gasteiger partial charge in [0.05, 0.1) is 10.5 Å². The highest BCUT2D eigenvalue weighted by molar-refractivity contribution is 6.33. The first kappa shape index (κ1) is 18.7. The lowest BCUT2D eigenvalue weighted by Gasteiger charge is -2.36. The summed E-state index contributed by atoms with van der Waals surface area (Å²) in [7, 11) is 0. The molecule has 1 fully saturated rings. The molecule has 5 nitrogen and oxygen atoms in total. The van der Waals surface area contributed by atoms with Crippen LogP contribution in [0.3, 0.4) is 0 Å². The SMILES string of the molecule is CCCC(=O)N1CCN(c2nc(-c3ccccc3Cl)nc3ccccc23)CC1. The summed E-state index contributed by atoms with van der Waals surface area (Å²) in [6.45, 7) is 5.01. The van der Waals surface area contributed by atoms with E-state index in [-0.39, 0.29) is 5.91 Å². The zero-order valence-electron chi connectivity index (χ0n) is 15.9. The number of amides is 1. The number of aromatic nitrogens is 2. The molecule has 1 aliphatic heterocycles. The lowest BCUT2D eigenvalue weighted by Crippen LogP contribution is -2.49. The Morgan fingerprint density at radius 2 is 1.71 bits per heavy atom. The fraction of sp³-hybridized carbons (Fsp3) is 0.318. The highest BCUT2D eigenvalue weighted by atomic mass is 35.5. The van der Waals surface area contributed by atoms with Crippen LogP contribution in [0, 0.1) is 0 Å². The maximum absolute atomic E-state index is 12.2. The first-order valence-corrected chi connectivity index (χ1v) is 10.1. The maximum Gasteiger partial charge on any atom is 0.222 e. The molecule has 4 rings (SSSR count). The fourth-order valence-electron chi connectivity index (χ4n) is 3.60. The molecule has 2 heterocycles. The summed E-state index contributed by atoms with van der Waals surface area (Å²) in [6.07, 6.45) is 1.50. The monoisotopic (exact) mass is 394 g/mol. The molecule has 0 unspecified atom stereocenters. The molecule has 0 N–H and O–H groups in total. The Kier molecular flexibility index (Phi) is 5.44. The standard InChI is InChI=1S/C22H23ClN4O/c1-2-7-20(28)26-12-14-27(15-13-26)22-17-9-4-6-11-19(17)24-21(25-22)16-8-3-5-10-18(16)23/h3-6,8-11H,2,7,12-15H2,1H3. The van der Waals surface area contributed by atoms with Gasteiger partial charge in [0.25, 0.3) is 0 Å². The zero-order valence-corrected chi connectivity index (χ0v) is 16.7. The molecule has 0 saturated carbocycles. The van der Waals surface area contributed by atoms with Crippen molar-refractivity contribution in [2.75, 3.05) is 31.1 Å². The number of hydrogen-bond acceptors (Lipinski definition) is 4. The number of hydrogen-bond donors (Lipinski definition) is 0. The Hall–Kier alpha value is -2.66. The number of carbonyl (C=O) groups is 1. The van der Waals surface area contributed by atoms with Crippen molar-refractivity contribution < 1.29 is 4.79 Å². The average Bonchev–Trinajstić information content (AvgIpc) is 2.73. The number of nitrogens with zero attached hydrogens (tertiary/aromatic N) is 4. The first-order chi connectivity index (χ1) is 13.7. The average molecular weight is 395 g/mol. The van der Waals surface area contributed by atoms with Crippen LogP contribution < -0.4 is 4.90 Å². The largest absolute Gasteiger partial charge is 0.352 e. The van der Waals surface area contributed by atoms with Gasteiger partial charge >= 0.3 is 0 Å². The molecule has 6 heteroatoms. The van der Waals surface area contributed by atoms with Crippen LogP contribution >= 0.6 is 11.6 Å². The van der Waals surface area contributed by atoms with Gasteiger partial charge in [0.2, 0.25) is 5.91 Å². The summed E-state index contributed by atoms with van der Waals surface area (Å²) in [5.41, 5.74) is 1.72. The predicted octanol–water partition coefficient (Wildman–Crippen LogP) is 4.40. The minimum Gasteiger partial charge on any atom is -0.352 e. The first-order valence-electron chi connectivity index (χ1n) is 9.72. The fourth-order valence-corrected chi connectivity index (χ4v) is 3.82. The molecule has 1 aromatic heterocycles. The van der Waals surface area contributed by atoms with E-state index in [4.69, 9.17) is 21.6 Å². The van der Waals surface area contributed by atoms with E-state index in [9.17, 15) is 4.79 Å². The van der Waals surface area contributed by atoms with Gasteiger partial charge in [0, 0.05) is 43.5 Å². The second-order valence-corrected chi connectivity index (χ2v) is 7.39. The molecule has 1 aliphatic rings. The molecule has 2 aromatic carbocycles. The molecule has 3 aromatic rings. The summed E-state index contributed by atoms with van der Waals surface area (Å²) in [4.78, 5) is 26.0. The Labute approximate surface area is 170 Å². The summed E-state index contributed by atoms with van der Waals surface area (Å²) >= 11 is 6.39. The third-order valence-electron chi connectivity index (χ3n) is 5.09. The number of halogens is 1. The van der Waals surface area contributed by atoms with Crippen LogP contribution in [-0.2, 0) is 4.79 Å². The molecule has 1 amide bonds. The van der Waals surface area contributed by atoms with E-state index < -0.39 is 0 Å². The third-order valence-corrected chi connectivity index (χ3v) is 5.42. The normalized spacial score (nSPS) is 14.5. The smallest absolute Gasteiger partial charge is 0.222 e. The molecular formula is C22H23ClN4O. The van der Waals surface area contributed by atoms with Crippen LogP contribution in [0.4, 0.5) is 5.82 Å². The Bertz CT molecular complexity index is 999. The summed E-state index contributed by atoms with van der Waals surface area (Å²) < 4.78 is 0. The minimum absolute atomic E-state index is 0.242. The lowest BCUT2D eigenvalue weighted by molar-refractivity contribution is -0.131. The van der Waals surface area contributed by atoms with Gasteiger partial charge in [-0.15, -0.1) is 0 Å². The molecule has 0 spiro atoms. The number of rotatable bonds is 4. The van der Waals surface area contributed by atoms with Gasteiger partial charge in [-0.1, -0.05) is 42.8 Å². The number of benzene rings is 2. The van der Waals surface area contributed by atoms with Gasteiger partial charge in [-0.3, -0.25) is 4.79 Å². The topological polar surface area (TPSA) is 49.3 Å². The van der Waals surface area contributed by atoms with Gasteiger partial charge in [-0.05, 0) is 30.7 Å². The molecule has 1 saturated heterocycles. The van der Waals surface area contributed by atoms with Crippen molar-refractivity contribution >= 4 is 34.2 Å². The minimum atomic E-state index is 0.242. The van der Waals surface area contributed by atoms with E-state index in [2.05, 4.69) is 11.0 Å². The van der Waals surface area contributed by atoms with Crippen LogP contribution in [0.15, 0.2) is 48.5 Å². The molecule has 0 atom stereocenters. The van der Waals surface area contributed by atoms with Crippen molar-refractivity contribution in [1.82, 2.24) is 14.9 Å². The number of carbonyl (C=O) groups excluding carboxylic acids is 1. The van der Waals surface area contributed by atoms with Gasteiger partial charge in [0.1, 0.15) is 5.82 Å². The molecule has 28 heavy (non-hydrogen) atoms. The molecule has 144 valence electrons. The third kappa shape index (κ3) is 3.67. The number of anilines is 1. The highest BCUT2D eigenvalue weighted by Crippen LogP contribution is 2.31. The van der Waals surface area contributed by atoms with E-state index in [1.54, 1.807) is 0 Å². The van der Waals surface area contributed by atoms with E-state index in [0.717, 1.165) is 54.9 Å². The summed E-state index contributed by atoms with van der Waals surface area (Å²) in [5.74, 6) is 1.78. The molecular weight excluding hydrogens is 372 g/mol. The van der Waals surface area contributed by atoms with Crippen molar-refractivity contribution in [2.24, 2.45) is 0 Å². The highest BCUT2D eigenvalue weighted by Gasteiger charge is 2.23. The van der Waals surface area contributed by atoms with E-state index >= 15 is 0 Å². The number of para-hydroxylation sites is 1. The van der Waals surface area contributed by atoms with Gasteiger partial charge in [-0.25, -0.2) is 9.97 Å². The van der Waals surface area contributed by atoms with Crippen molar-refractivity contribution in [3.05, 3.63) is 53.6 Å². The van der Waals surface area contributed by atoms with Gasteiger partial charge in [0.15, 0.2) is 5.82 Å². The van der Waals surface area contributed by atoms with Crippen LogP contribution in [0.5, 0.6) is 0 Å². The van der Waals surface area contributed by atoms with Crippen molar-refractivity contribution in [3.63, 3.8) is 0 Å². The van der Waals surface area contributed by atoms with Crippen LogP contribution in [0.2, 0.25) is 5.02 Å². The molecule has 0 aliphatic carbocycles. The maximum atomic E-state index is 12.2. The Morgan fingerprint density at radius 1 is 1.00 bits per heavy atom. The van der Waals surface area contributed by atoms with Gasteiger partial charge in [-0.2, -0.15) is 0 Å². The van der Waals surface area contributed by atoms with Crippen LogP contribution in [-0.4, -0.2) is 47.0 Å². The van der Waals surface area contributed by atoms with Crippen molar-refractivity contribution in [3.8, 4) is 11.4 Å². The van der Waals surface area contributed by atoms with Crippen molar-refractivity contribution in [2.45, 2.75) is 19.8 Å². The second-order valence-electron chi connectivity index (χ2n) is 6.99. The van der Waals surface area contributed by atoms with Crippen LogP contribution in [0.1, 0.15) is 19.8 Å².